The molecular weight excluding hydrogens is 420 g/mol. The standard InChI is InChI=1S/C23H22O9/c1-12(24)29-17-8-5-15(6-9-17)21-22(31-14(3)26)20(23(27)32-21)16-7-10-18(30-13(2)25)19(11-16)28-4/h5-11,20-22H,1-4H3/t20-,21+,22-/m0/s1. The molecule has 9 nitrogen and oxygen atoms in total. The van der Waals surface area contributed by atoms with Gasteiger partial charge in [0.1, 0.15) is 11.7 Å². The average molecular weight is 442 g/mol. The van der Waals surface area contributed by atoms with Crippen LogP contribution >= 0.6 is 0 Å². The first-order valence-corrected chi connectivity index (χ1v) is 9.72. The maximum absolute atomic E-state index is 12.8. The summed E-state index contributed by atoms with van der Waals surface area (Å²) in [6.07, 6.45) is -1.83. The van der Waals surface area contributed by atoms with E-state index in [4.69, 9.17) is 23.7 Å². The van der Waals surface area contributed by atoms with Crippen molar-refractivity contribution in [2.75, 3.05) is 7.11 Å². The number of esters is 4. The minimum Gasteiger partial charge on any atom is -0.493 e. The summed E-state index contributed by atoms with van der Waals surface area (Å²) in [5.41, 5.74) is 1.03. The molecule has 0 spiro atoms. The van der Waals surface area contributed by atoms with Gasteiger partial charge >= 0.3 is 23.9 Å². The molecule has 1 aliphatic rings. The highest BCUT2D eigenvalue weighted by atomic mass is 16.6. The van der Waals surface area contributed by atoms with E-state index in [0.29, 0.717) is 16.9 Å². The first kappa shape index (κ1) is 22.8. The van der Waals surface area contributed by atoms with Crippen LogP contribution in [-0.4, -0.2) is 37.1 Å². The number of methoxy groups -OCH3 is 1. The zero-order chi connectivity index (χ0) is 23.4. The summed E-state index contributed by atoms with van der Waals surface area (Å²) in [4.78, 5) is 47.0. The Balaban J connectivity index is 1.95. The van der Waals surface area contributed by atoms with Crippen molar-refractivity contribution in [3.05, 3.63) is 53.6 Å². The van der Waals surface area contributed by atoms with Crippen molar-refractivity contribution in [1.29, 1.82) is 0 Å². The van der Waals surface area contributed by atoms with Crippen LogP contribution < -0.4 is 14.2 Å². The lowest BCUT2D eigenvalue weighted by atomic mass is 9.90. The van der Waals surface area contributed by atoms with Gasteiger partial charge < -0.3 is 23.7 Å². The molecule has 0 bridgehead atoms. The fourth-order valence-electron chi connectivity index (χ4n) is 3.49. The summed E-state index contributed by atoms with van der Waals surface area (Å²) >= 11 is 0. The van der Waals surface area contributed by atoms with Crippen LogP contribution in [0.2, 0.25) is 0 Å². The van der Waals surface area contributed by atoms with E-state index in [1.165, 1.54) is 40.0 Å². The van der Waals surface area contributed by atoms with Gasteiger partial charge in [0.15, 0.2) is 23.7 Å². The van der Waals surface area contributed by atoms with Gasteiger partial charge in [0.25, 0.3) is 0 Å². The molecule has 32 heavy (non-hydrogen) atoms. The van der Waals surface area contributed by atoms with Gasteiger partial charge in [-0.2, -0.15) is 0 Å². The smallest absolute Gasteiger partial charge is 0.318 e. The second-order valence-corrected chi connectivity index (χ2v) is 7.08. The highest BCUT2D eigenvalue weighted by Crippen LogP contribution is 2.43. The SMILES string of the molecule is COc1cc([C@@H]2C(=O)O[C@H](c3ccc(OC(C)=O)cc3)[C@H]2OC(C)=O)ccc1OC(C)=O. The number of hydrogen-bond donors (Lipinski definition) is 0. The molecule has 0 aromatic heterocycles. The average Bonchev–Trinajstić information content (AvgIpc) is 3.03. The molecule has 1 aliphatic heterocycles. The lowest BCUT2D eigenvalue weighted by Crippen LogP contribution is -2.26. The van der Waals surface area contributed by atoms with Crippen molar-refractivity contribution in [3.63, 3.8) is 0 Å². The molecule has 1 heterocycles. The second kappa shape index (κ2) is 9.51. The molecule has 1 fully saturated rings. The zero-order valence-electron chi connectivity index (χ0n) is 17.9. The molecule has 3 atom stereocenters. The predicted molar refractivity (Wildman–Crippen MR) is 109 cm³/mol. The lowest BCUT2D eigenvalue weighted by Gasteiger charge is -2.22. The van der Waals surface area contributed by atoms with E-state index in [-0.39, 0.29) is 11.5 Å². The summed E-state index contributed by atoms with van der Waals surface area (Å²) in [5.74, 6) is -2.33. The van der Waals surface area contributed by atoms with E-state index in [1.54, 1.807) is 30.3 Å². The molecule has 0 N–H and O–H groups in total. The predicted octanol–water partition coefficient (Wildman–Crippen LogP) is 2.86. The number of benzene rings is 2. The molecule has 0 aliphatic carbocycles. The zero-order valence-corrected chi connectivity index (χ0v) is 17.9. The Morgan fingerprint density at radius 2 is 1.44 bits per heavy atom. The van der Waals surface area contributed by atoms with Crippen LogP contribution in [0.5, 0.6) is 17.2 Å². The normalized spacial score (nSPS) is 19.6. The summed E-state index contributed by atoms with van der Waals surface area (Å²) in [5, 5.41) is 0. The third-order valence-electron chi connectivity index (χ3n) is 4.70. The minimum atomic E-state index is -0.955. The molecule has 0 radical (unpaired) electrons. The Hall–Kier alpha value is -3.88. The molecule has 0 amide bonds. The molecule has 0 unspecified atom stereocenters. The van der Waals surface area contributed by atoms with Crippen molar-refractivity contribution in [3.8, 4) is 17.2 Å². The third-order valence-corrected chi connectivity index (χ3v) is 4.70. The quantitative estimate of drug-likeness (QED) is 0.492. The second-order valence-electron chi connectivity index (χ2n) is 7.08. The highest BCUT2D eigenvalue weighted by molar-refractivity contribution is 5.83. The van der Waals surface area contributed by atoms with E-state index >= 15 is 0 Å². The van der Waals surface area contributed by atoms with Gasteiger partial charge in [-0.25, -0.2) is 0 Å². The van der Waals surface area contributed by atoms with Crippen molar-refractivity contribution in [1.82, 2.24) is 0 Å². The van der Waals surface area contributed by atoms with E-state index in [1.807, 2.05) is 0 Å². The number of carbonyl (C=O) groups excluding carboxylic acids is 4. The largest absolute Gasteiger partial charge is 0.493 e. The Labute approximate surface area is 184 Å². The van der Waals surface area contributed by atoms with Crippen LogP contribution in [0, 0.1) is 0 Å². The van der Waals surface area contributed by atoms with E-state index in [2.05, 4.69) is 0 Å². The molecule has 2 aromatic rings. The molecule has 2 aromatic carbocycles. The summed E-state index contributed by atoms with van der Waals surface area (Å²) in [6, 6.07) is 11.0. The summed E-state index contributed by atoms with van der Waals surface area (Å²) in [7, 11) is 1.40. The van der Waals surface area contributed by atoms with Gasteiger partial charge in [-0.05, 0) is 35.4 Å². The number of hydrogen-bond acceptors (Lipinski definition) is 9. The Kier molecular flexibility index (Phi) is 6.77. The maximum atomic E-state index is 12.8. The molecule has 3 rings (SSSR count). The fraction of sp³-hybridized carbons (Fsp3) is 0.304. The fourth-order valence-corrected chi connectivity index (χ4v) is 3.49. The van der Waals surface area contributed by atoms with Crippen LogP contribution in [-0.2, 0) is 28.7 Å². The van der Waals surface area contributed by atoms with Gasteiger partial charge in [0.05, 0.1) is 7.11 Å². The van der Waals surface area contributed by atoms with Gasteiger partial charge in [-0.3, -0.25) is 19.2 Å². The van der Waals surface area contributed by atoms with Gasteiger partial charge in [-0.1, -0.05) is 18.2 Å². The highest BCUT2D eigenvalue weighted by Gasteiger charge is 2.48. The summed E-state index contributed by atoms with van der Waals surface area (Å²) in [6.45, 7) is 3.79. The van der Waals surface area contributed by atoms with Crippen LogP contribution in [0.4, 0.5) is 0 Å². The molecule has 0 saturated carbocycles. The Bertz CT molecular complexity index is 1040. The number of carbonyl (C=O) groups is 4. The monoisotopic (exact) mass is 442 g/mol. The Morgan fingerprint density at radius 1 is 0.812 bits per heavy atom. The number of cyclic esters (lactones) is 1. The number of rotatable bonds is 6. The molecule has 9 heteroatoms. The maximum Gasteiger partial charge on any atom is 0.318 e. The van der Waals surface area contributed by atoms with E-state index < -0.39 is 42.0 Å². The van der Waals surface area contributed by atoms with Gasteiger partial charge in [0.2, 0.25) is 0 Å². The topological polar surface area (TPSA) is 114 Å². The summed E-state index contributed by atoms with van der Waals surface area (Å²) < 4.78 is 26.4. The third kappa shape index (κ3) is 5.05. The van der Waals surface area contributed by atoms with Crippen molar-refractivity contribution in [2.24, 2.45) is 0 Å². The van der Waals surface area contributed by atoms with Crippen molar-refractivity contribution in [2.45, 2.75) is 38.9 Å². The Morgan fingerprint density at radius 3 is 2.00 bits per heavy atom. The van der Waals surface area contributed by atoms with Crippen LogP contribution in [0.15, 0.2) is 42.5 Å². The lowest BCUT2D eigenvalue weighted by molar-refractivity contribution is -0.151. The van der Waals surface area contributed by atoms with E-state index in [0.717, 1.165) is 0 Å². The van der Waals surface area contributed by atoms with E-state index in [9.17, 15) is 19.2 Å². The van der Waals surface area contributed by atoms with Crippen LogP contribution in [0.25, 0.3) is 0 Å². The first-order valence-electron chi connectivity index (χ1n) is 9.72. The van der Waals surface area contributed by atoms with Crippen LogP contribution in [0.3, 0.4) is 0 Å². The van der Waals surface area contributed by atoms with Crippen molar-refractivity contribution >= 4 is 23.9 Å². The van der Waals surface area contributed by atoms with Crippen LogP contribution in [0.1, 0.15) is 43.9 Å². The number of ether oxygens (including phenoxy) is 5. The first-order chi connectivity index (χ1) is 15.2. The molecular formula is C23H22O9. The molecule has 168 valence electrons. The van der Waals surface area contributed by atoms with Gasteiger partial charge in [-0.15, -0.1) is 0 Å². The van der Waals surface area contributed by atoms with Gasteiger partial charge in [0, 0.05) is 20.8 Å². The molecule has 1 saturated heterocycles. The van der Waals surface area contributed by atoms with Crippen molar-refractivity contribution < 1.29 is 42.9 Å². The minimum absolute atomic E-state index is 0.191.